The lowest BCUT2D eigenvalue weighted by molar-refractivity contribution is 0.324. The van der Waals surface area contributed by atoms with Gasteiger partial charge in [0.1, 0.15) is 5.82 Å². The molecule has 1 aliphatic heterocycles. The minimum Gasteiger partial charge on any atom is -0.357 e. The van der Waals surface area contributed by atoms with E-state index in [0.717, 1.165) is 37.5 Å². The van der Waals surface area contributed by atoms with Gasteiger partial charge in [0, 0.05) is 25.0 Å². The first-order chi connectivity index (χ1) is 12.7. The number of hydrogen-bond acceptors (Lipinski definition) is 2. The van der Waals surface area contributed by atoms with E-state index in [1.165, 1.54) is 32.5 Å². The average molecular weight is 488 g/mol. The number of nitrogens with zero attached hydrogens (tertiary/aromatic N) is 2. The standard InChI is InChI=1S/C21H33FN4.HI/c1-3-12-26-13-9-17(15-26)14-24-20(23-4-2)25-16-21(10-11-21)18-7-5-6-8-19(18)22;/h5-8,17H,3-4,9-16H2,1-2H3,(H2,23,24,25);1H. The Morgan fingerprint density at radius 3 is 2.70 bits per heavy atom. The monoisotopic (exact) mass is 488 g/mol. The molecule has 2 fully saturated rings. The van der Waals surface area contributed by atoms with E-state index in [2.05, 4.69) is 29.4 Å². The highest BCUT2D eigenvalue weighted by Crippen LogP contribution is 2.49. The van der Waals surface area contributed by atoms with Crippen LogP contribution in [0.2, 0.25) is 0 Å². The molecule has 1 unspecified atom stereocenters. The minimum atomic E-state index is -0.0982. The quantitative estimate of drug-likeness (QED) is 0.333. The first-order valence-electron chi connectivity index (χ1n) is 10.2. The molecule has 2 N–H and O–H groups in total. The van der Waals surface area contributed by atoms with Crippen LogP contribution in [0.1, 0.15) is 45.1 Å². The molecular formula is C21H34FIN4. The third-order valence-corrected chi connectivity index (χ3v) is 5.65. The molecule has 0 spiro atoms. The van der Waals surface area contributed by atoms with E-state index in [9.17, 15) is 4.39 Å². The summed E-state index contributed by atoms with van der Waals surface area (Å²) in [4.78, 5) is 7.34. The summed E-state index contributed by atoms with van der Waals surface area (Å²) in [5.74, 6) is 1.45. The van der Waals surface area contributed by atoms with E-state index in [4.69, 9.17) is 4.99 Å². The Labute approximate surface area is 180 Å². The van der Waals surface area contributed by atoms with Crippen LogP contribution in [0.4, 0.5) is 4.39 Å². The summed E-state index contributed by atoms with van der Waals surface area (Å²) in [5.41, 5.74) is 0.726. The number of nitrogens with one attached hydrogen (secondary N) is 2. The molecule has 4 nitrogen and oxygen atoms in total. The molecule has 1 saturated heterocycles. The highest BCUT2D eigenvalue weighted by atomic mass is 127. The molecule has 27 heavy (non-hydrogen) atoms. The summed E-state index contributed by atoms with van der Waals surface area (Å²) in [6.45, 7) is 10.4. The lowest BCUT2D eigenvalue weighted by Gasteiger charge is -2.18. The van der Waals surface area contributed by atoms with Gasteiger partial charge in [-0.15, -0.1) is 24.0 Å². The van der Waals surface area contributed by atoms with Gasteiger partial charge in [0.25, 0.3) is 0 Å². The summed E-state index contributed by atoms with van der Waals surface area (Å²) < 4.78 is 14.2. The van der Waals surface area contributed by atoms with Crippen LogP contribution in [0, 0.1) is 11.7 Å². The van der Waals surface area contributed by atoms with Gasteiger partial charge in [-0.2, -0.15) is 0 Å². The summed E-state index contributed by atoms with van der Waals surface area (Å²) in [7, 11) is 0. The summed E-state index contributed by atoms with van der Waals surface area (Å²) in [6.07, 6.45) is 4.52. The minimum absolute atomic E-state index is 0. The summed E-state index contributed by atoms with van der Waals surface area (Å²) in [5, 5.41) is 6.85. The third kappa shape index (κ3) is 6.04. The number of rotatable bonds is 8. The fourth-order valence-electron chi connectivity index (χ4n) is 3.97. The highest BCUT2D eigenvalue weighted by molar-refractivity contribution is 14.0. The van der Waals surface area contributed by atoms with Crippen molar-refractivity contribution >= 4 is 29.9 Å². The van der Waals surface area contributed by atoms with Crippen LogP contribution < -0.4 is 10.6 Å². The van der Waals surface area contributed by atoms with E-state index in [1.807, 2.05) is 12.1 Å². The second-order valence-electron chi connectivity index (χ2n) is 7.79. The smallest absolute Gasteiger partial charge is 0.191 e. The van der Waals surface area contributed by atoms with Gasteiger partial charge in [-0.05, 0) is 63.2 Å². The first-order valence-corrected chi connectivity index (χ1v) is 10.2. The Bertz CT molecular complexity index is 618. The van der Waals surface area contributed by atoms with E-state index in [-0.39, 0.29) is 35.2 Å². The van der Waals surface area contributed by atoms with Gasteiger partial charge in [-0.25, -0.2) is 4.39 Å². The number of likely N-dealkylation sites (tertiary alicyclic amines) is 1. The molecule has 152 valence electrons. The maximum absolute atomic E-state index is 14.2. The van der Waals surface area contributed by atoms with Crippen LogP contribution >= 0.6 is 24.0 Å². The molecule has 0 aromatic heterocycles. The van der Waals surface area contributed by atoms with Crippen molar-refractivity contribution in [3.05, 3.63) is 35.6 Å². The molecule has 1 atom stereocenters. The molecule has 1 saturated carbocycles. The molecule has 1 aromatic carbocycles. The SMILES string of the molecule is CCCN1CCC(CNC(=NCC2(c3ccccc3F)CC2)NCC)C1.I. The molecule has 0 bridgehead atoms. The third-order valence-electron chi connectivity index (χ3n) is 5.65. The molecule has 0 radical (unpaired) electrons. The maximum Gasteiger partial charge on any atom is 0.191 e. The van der Waals surface area contributed by atoms with Crippen molar-refractivity contribution in [3.63, 3.8) is 0 Å². The van der Waals surface area contributed by atoms with E-state index in [1.54, 1.807) is 12.1 Å². The molecule has 0 amide bonds. The first kappa shape index (κ1) is 22.4. The van der Waals surface area contributed by atoms with E-state index >= 15 is 0 Å². The average Bonchev–Trinajstić information content (AvgIpc) is 3.30. The molecular weight excluding hydrogens is 454 g/mol. The summed E-state index contributed by atoms with van der Waals surface area (Å²) >= 11 is 0. The predicted octanol–water partition coefficient (Wildman–Crippen LogP) is 3.76. The van der Waals surface area contributed by atoms with Gasteiger partial charge in [0.05, 0.1) is 6.54 Å². The number of aliphatic imine (C=N–C) groups is 1. The lowest BCUT2D eigenvalue weighted by atomic mass is 9.95. The fraction of sp³-hybridized carbons (Fsp3) is 0.667. The summed E-state index contributed by atoms with van der Waals surface area (Å²) in [6, 6.07) is 7.16. The van der Waals surface area contributed by atoms with Crippen molar-refractivity contribution in [2.45, 2.75) is 44.9 Å². The Morgan fingerprint density at radius 2 is 2.04 bits per heavy atom. The van der Waals surface area contributed by atoms with Gasteiger partial charge in [-0.3, -0.25) is 4.99 Å². The number of guanidine groups is 1. The molecule has 3 rings (SSSR count). The molecule has 1 aliphatic carbocycles. The van der Waals surface area contributed by atoms with Crippen LogP contribution in [-0.4, -0.2) is 50.1 Å². The zero-order chi connectivity index (χ0) is 18.4. The highest BCUT2D eigenvalue weighted by Gasteiger charge is 2.45. The Balaban J connectivity index is 0.00000261. The van der Waals surface area contributed by atoms with Gasteiger partial charge < -0.3 is 15.5 Å². The molecule has 1 aromatic rings. The molecule has 6 heteroatoms. The van der Waals surface area contributed by atoms with Crippen LogP contribution in [0.3, 0.4) is 0 Å². The van der Waals surface area contributed by atoms with Crippen molar-refractivity contribution in [1.29, 1.82) is 0 Å². The van der Waals surface area contributed by atoms with E-state index < -0.39 is 0 Å². The fourth-order valence-corrected chi connectivity index (χ4v) is 3.97. The second kappa shape index (κ2) is 10.6. The Morgan fingerprint density at radius 1 is 1.26 bits per heavy atom. The van der Waals surface area contributed by atoms with Crippen molar-refractivity contribution in [2.75, 3.05) is 39.3 Å². The topological polar surface area (TPSA) is 39.7 Å². The zero-order valence-electron chi connectivity index (χ0n) is 16.6. The Kier molecular flexibility index (Phi) is 8.79. The normalized spacial score (nSPS) is 21.6. The lowest BCUT2D eigenvalue weighted by Crippen LogP contribution is -2.40. The van der Waals surface area contributed by atoms with Crippen molar-refractivity contribution in [3.8, 4) is 0 Å². The van der Waals surface area contributed by atoms with Crippen LogP contribution in [-0.2, 0) is 5.41 Å². The Hall–Kier alpha value is -0.890. The molecule has 2 aliphatic rings. The van der Waals surface area contributed by atoms with Gasteiger partial charge in [0.2, 0.25) is 0 Å². The van der Waals surface area contributed by atoms with Crippen molar-refractivity contribution < 1.29 is 4.39 Å². The number of hydrogen-bond donors (Lipinski definition) is 2. The number of halogens is 2. The van der Waals surface area contributed by atoms with Crippen LogP contribution in [0.25, 0.3) is 0 Å². The van der Waals surface area contributed by atoms with Crippen LogP contribution in [0.5, 0.6) is 0 Å². The van der Waals surface area contributed by atoms with Crippen molar-refractivity contribution in [1.82, 2.24) is 15.5 Å². The van der Waals surface area contributed by atoms with Gasteiger partial charge in [0.15, 0.2) is 5.96 Å². The zero-order valence-corrected chi connectivity index (χ0v) is 19.0. The largest absolute Gasteiger partial charge is 0.357 e. The van der Waals surface area contributed by atoms with E-state index in [0.29, 0.717) is 12.5 Å². The number of benzene rings is 1. The maximum atomic E-state index is 14.2. The molecule has 1 heterocycles. The van der Waals surface area contributed by atoms with Crippen molar-refractivity contribution in [2.24, 2.45) is 10.9 Å². The van der Waals surface area contributed by atoms with Crippen LogP contribution in [0.15, 0.2) is 29.3 Å². The second-order valence-corrected chi connectivity index (χ2v) is 7.79. The predicted molar refractivity (Wildman–Crippen MR) is 122 cm³/mol. The van der Waals surface area contributed by atoms with Gasteiger partial charge >= 0.3 is 0 Å². The van der Waals surface area contributed by atoms with Gasteiger partial charge in [-0.1, -0.05) is 25.1 Å².